The Kier molecular flexibility index (Phi) is 10.9. The molecule has 3 rings (SSSR count). The van der Waals surface area contributed by atoms with Crippen LogP contribution in [0.4, 0.5) is 17.6 Å². The second kappa shape index (κ2) is 13.8. The fraction of sp³-hybridized carbons (Fsp3) is 0.459. The SMILES string of the molecule is CCC(C)(CC)OC(=O)c1c(F)c(F)c(C(=O)Oc2c(C)cc(Cc3cc(C)c(C(C)(CC)CC)c(C)c3)cc2C)c(F)c1F. The number of aryl methyl sites for hydroxylation is 4. The smallest absolute Gasteiger partial charge is 0.349 e. The summed E-state index contributed by atoms with van der Waals surface area (Å²) < 4.78 is 70.4. The van der Waals surface area contributed by atoms with Crippen LogP contribution in [-0.4, -0.2) is 17.5 Å². The van der Waals surface area contributed by atoms with Gasteiger partial charge < -0.3 is 9.47 Å². The van der Waals surface area contributed by atoms with Crippen molar-refractivity contribution in [1.82, 2.24) is 0 Å². The zero-order chi connectivity index (χ0) is 34.0. The molecule has 45 heavy (non-hydrogen) atoms. The Hall–Kier alpha value is -3.68. The monoisotopic (exact) mass is 628 g/mol. The number of rotatable bonds is 11. The van der Waals surface area contributed by atoms with Gasteiger partial charge in [0.25, 0.3) is 0 Å². The van der Waals surface area contributed by atoms with E-state index in [2.05, 4.69) is 46.8 Å². The first-order chi connectivity index (χ1) is 21.0. The molecule has 244 valence electrons. The Morgan fingerprint density at radius 1 is 0.622 bits per heavy atom. The van der Waals surface area contributed by atoms with Gasteiger partial charge in [-0.25, -0.2) is 27.2 Å². The maximum Gasteiger partial charge on any atom is 0.349 e. The number of hydrogen-bond acceptors (Lipinski definition) is 4. The predicted octanol–water partition coefficient (Wildman–Crippen LogP) is 10.1. The molecule has 0 aliphatic heterocycles. The summed E-state index contributed by atoms with van der Waals surface area (Å²) in [5, 5.41) is 0. The van der Waals surface area contributed by atoms with Gasteiger partial charge in [-0.3, -0.25) is 0 Å². The Labute approximate surface area is 264 Å². The van der Waals surface area contributed by atoms with Gasteiger partial charge >= 0.3 is 11.9 Å². The van der Waals surface area contributed by atoms with Crippen molar-refractivity contribution >= 4 is 11.9 Å². The Bertz CT molecular complexity index is 1540. The molecule has 4 nitrogen and oxygen atoms in total. The van der Waals surface area contributed by atoms with Crippen molar-refractivity contribution in [3.05, 3.63) is 97.6 Å². The van der Waals surface area contributed by atoms with Crippen molar-refractivity contribution in [3.63, 3.8) is 0 Å². The number of carbonyl (C=O) groups is 2. The zero-order valence-electron chi connectivity index (χ0n) is 28.0. The molecule has 0 aromatic heterocycles. The molecule has 0 bridgehead atoms. The molecule has 0 amide bonds. The van der Waals surface area contributed by atoms with E-state index in [0.29, 0.717) is 30.4 Å². The van der Waals surface area contributed by atoms with E-state index in [-0.39, 0.29) is 11.2 Å². The molecule has 0 N–H and O–H groups in total. The van der Waals surface area contributed by atoms with Crippen molar-refractivity contribution in [1.29, 1.82) is 0 Å². The third-order valence-electron chi connectivity index (χ3n) is 9.39. The van der Waals surface area contributed by atoms with E-state index in [0.717, 1.165) is 24.0 Å². The molecule has 0 aliphatic rings. The molecule has 0 saturated heterocycles. The molecule has 0 radical (unpaired) electrons. The minimum atomic E-state index is -2.04. The molecule has 0 fully saturated rings. The number of carbonyl (C=O) groups excluding carboxylic acids is 2. The number of halogens is 4. The van der Waals surface area contributed by atoms with Crippen LogP contribution in [0.2, 0.25) is 0 Å². The molecule has 0 unspecified atom stereocenters. The first-order valence-electron chi connectivity index (χ1n) is 15.5. The first kappa shape index (κ1) is 35.8. The summed E-state index contributed by atoms with van der Waals surface area (Å²) in [5.41, 5.74) is 2.71. The summed E-state index contributed by atoms with van der Waals surface area (Å²) in [4.78, 5) is 25.5. The van der Waals surface area contributed by atoms with Gasteiger partial charge in [-0.15, -0.1) is 0 Å². The number of hydrogen-bond donors (Lipinski definition) is 0. The zero-order valence-corrected chi connectivity index (χ0v) is 28.0. The van der Waals surface area contributed by atoms with Crippen molar-refractivity contribution in [2.45, 2.75) is 112 Å². The second-order valence-electron chi connectivity index (χ2n) is 12.5. The molecule has 8 heteroatoms. The lowest BCUT2D eigenvalue weighted by Crippen LogP contribution is -2.31. The van der Waals surface area contributed by atoms with Gasteiger partial charge in [0.2, 0.25) is 0 Å². The minimum Gasteiger partial charge on any atom is -0.456 e. The fourth-order valence-corrected chi connectivity index (χ4v) is 6.05. The average molecular weight is 629 g/mol. The number of benzene rings is 3. The fourth-order valence-electron chi connectivity index (χ4n) is 6.05. The number of ether oxygens (including phenoxy) is 2. The van der Waals surface area contributed by atoms with E-state index in [4.69, 9.17) is 9.47 Å². The van der Waals surface area contributed by atoms with Crippen molar-refractivity contribution < 1.29 is 36.6 Å². The van der Waals surface area contributed by atoms with Crippen LogP contribution in [0.3, 0.4) is 0 Å². The number of esters is 2. The van der Waals surface area contributed by atoms with E-state index in [1.54, 1.807) is 39.8 Å². The largest absolute Gasteiger partial charge is 0.456 e. The highest BCUT2D eigenvalue weighted by Gasteiger charge is 2.36. The van der Waals surface area contributed by atoms with Gasteiger partial charge in [-0.05, 0) is 111 Å². The summed E-state index contributed by atoms with van der Waals surface area (Å²) in [6.45, 7) is 19.2. The average Bonchev–Trinajstić information content (AvgIpc) is 2.97. The van der Waals surface area contributed by atoms with Crippen molar-refractivity contribution in [2.24, 2.45) is 0 Å². The van der Waals surface area contributed by atoms with Gasteiger partial charge in [0, 0.05) is 0 Å². The third kappa shape index (κ3) is 7.10. The van der Waals surface area contributed by atoms with Crippen LogP contribution in [0.5, 0.6) is 5.75 Å². The molecule has 3 aromatic carbocycles. The molecular weight excluding hydrogens is 584 g/mol. The standard InChI is InChI=1S/C37H44F4O4/c1-11-36(9,12-2)28-20(5)15-24(16-21(28)6)19-25-17-22(7)33(23(8)18-25)44-34(42)26-29(38)31(40)27(32(41)30(26)39)35(43)45-37(10,13-3)14-4/h15-18H,11-14,19H2,1-10H3. The Balaban J connectivity index is 1.92. The van der Waals surface area contributed by atoms with Gasteiger partial charge in [0.1, 0.15) is 22.5 Å². The predicted molar refractivity (Wildman–Crippen MR) is 168 cm³/mol. The van der Waals surface area contributed by atoms with E-state index >= 15 is 8.78 Å². The van der Waals surface area contributed by atoms with Crippen LogP contribution >= 0.6 is 0 Å². The molecule has 0 saturated carbocycles. The van der Waals surface area contributed by atoms with Crippen LogP contribution in [0.25, 0.3) is 0 Å². The van der Waals surface area contributed by atoms with Crippen molar-refractivity contribution in [2.75, 3.05) is 0 Å². The highest BCUT2D eigenvalue weighted by Crippen LogP contribution is 2.37. The summed E-state index contributed by atoms with van der Waals surface area (Å²) in [7, 11) is 0. The van der Waals surface area contributed by atoms with E-state index in [1.165, 1.54) is 23.6 Å². The van der Waals surface area contributed by atoms with Crippen LogP contribution in [0.15, 0.2) is 24.3 Å². The molecule has 0 heterocycles. The van der Waals surface area contributed by atoms with Crippen LogP contribution in [0.1, 0.15) is 127 Å². The lowest BCUT2D eigenvalue weighted by molar-refractivity contribution is -0.0142. The van der Waals surface area contributed by atoms with E-state index in [1.807, 2.05) is 0 Å². The lowest BCUT2D eigenvalue weighted by atomic mass is 9.73. The molecule has 0 spiro atoms. The minimum absolute atomic E-state index is 0.0119. The van der Waals surface area contributed by atoms with Crippen LogP contribution < -0.4 is 4.74 Å². The molecule has 3 aromatic rings. The summed E-state index contributed by atoms with van der Waals surface area (Å²) in [5.74, 6) is -11.3. The normalized spacial score (nSPS) is 12.0. The van der Waals surface area contributed by atoms with E-state index < -0.39 is 51.9 Å². The quantitative estimate of drug-likeness (QED) is 0.0918. The molecule has 0 aliphatic carbocycles. The highest BCUT2D eigenvalue weighted by atomic mass is 19.2. The summed E-state index contributed by atoms with van der Waals surface area (Å²) in [6.07, 6.45) is 3.26. The lowest BCUT2D eigenvalue weighted by Gasteiger charge is -2.31. The Morgan fingerprint density at radius 2 is 1.00 bits per heavy atom. The van der Waals surface area contributed by atoms with Crippen LogP contribution in [0, 0.1) is 51.0 Å². The van der Waals surface area contributed by atoms with Crippen molar-refractivity contribution in [3.8, 4) is 5.75 Å². The first-order valence-corrected chi connectivity index (χ1v) is 15.5. The summed E-state index contributed by atoms with van der Waals surface area (Å²) in [6, 6.07) is 7.96. The highest BCUT2D eigenvalue weighted by molar-refractivity contribution is 5.95. The third-order valence-corrected chi connectivity index (χ3v) is 9.39. The van der Waals surface area contributed by atoms with Gasteiger partial charge in [-0.1, -0.05) is 58.9 Å². The topological polar surface area (TPSA) is 52.6 Å². The molecular formula is C37H44F4O4. The second-order valence-corrected chi connectivity index (χ2v) is 12.5. The van der Waals surface area contributed by atoms with E-state index in [9.17, 15) is 18.4 Å². The van der Waals surface area contributed by atoms with Gasteiger partial charge in [-0.2, -0.15) is 0 Å². The van der Waals surface area contributed by atoms with Gasteiger partial charge in [0.05, 0.1) is 0 Å². The molecule has 0 atom stereocenters. The maximum atomic E-state index is 15.0. The maximum absolute atomic E-state index is 15.0. The van der Waals surface area contributed by atoms with Crippen LogP contribution in [-0.2, 0) is 16.6 Å². The summed E-state index contributed by atoms with van der Waals surface area (Å²) >= 11 is 0. The Morgan fingerprint density at radius 3 is 1.38 bits per heavy atom. The van der Waals surface area contributed by atoms with Gasteiger partial charge in [0.15, 0.2) is 23.3 Å².